The Bertz CT molecular complexity index is 1920. The van der Waals surface area contributed by atoms with Crippen LogP contribution in [0, 0.1) is 5.41 Å². The van der Waals surface area contributed by atoms with Gasteiger partial charge in [0, 0.05) is 43.5 Å². The quantitative estimate of drug-likeness (QED) is 0.0441. The number of phosphoric ester groups is 3. The van der Waals surface area contributed by atoms with Gasteiger partial charge in [-0.25, -0.2) is 28.6 Å². The summed E-state index contributed by atoms with van der Waals surface area (Å²) in [7, 11) is -16.4. The minimum Gasteiger partial charge on any atom is -0.481 e. The van der Waals surface area contributed by atoms with E-state index in [0.29, 0.717) is 31.4 Å². The standard InChI is InChI=1S/C29H48N7O19P3S/c1-29(2,24(42)27(43)32-10-9-18(37)31-11-12-59-20(40)8-6-4-3-5-7-19(38)39)14-52-58(49,50)55-57(47,48)51-13-17-23(54-56(44,45)46)22(41)28(53-17)36-16-35-21-25(30)33-15-34-26(21)36/h15-17,22-24,28,41-42H,3-14H2,1-2H3,(H,31,37)(H,32,43)(H,38,39)(H,47,48)(H,49,50)(H2,30,33,34)(H2,44,45,46). The Morgan fingerprint density at radius 1 is 0.966 bits per heavy atom. The van der Waals surface area contributed by atoms with E-state index >= 15 is 0 Å². The summed E-state index contributed by atoms with van der Waals surface area (Å²) in [4.78, 5) is 98.1. The van der Waals surface area contributed by atoms with Crippen molar-refractivity contribution in [1.82, 2.24) is 30.2 Å². The van der Waals surface area contributed by atoms with Crippen LogP contribution in [0.25, 0.3) is 11.2 Å². The minimum atomic E-state index is -5.58. The number of aliphatic carboxylic acids is 1. The summed E-state index contributed by atoms with van der Waals surface area (Å²) >= 11 is 1.04. The number of imidazole rings is 1. The number of carboxylic acids is 1. The number of hydrogen-bond acceptors (Lipinski definition) is 19. The van der Waals surface area contributed by atoms with Gasteiger partial charge in [0.05, 0.1) is 19.5 Å². The number of nitrogen functional groups attached to an aromatic ring is 1. The van der Waals surface area contributed by atoms with Crippen LogP contribution in [0.2, 0.25) is 0 Å². The van der Waals surface area contributed by atoms with Crippen molar-refractivity contribution in [3.63, 3.8) is 0 Å². The van der Waals surface area contributed by atoms with Crippen LogP contribution in [0.1, 0.15) is 65.0 Å². The van der Waals surface area contributed by atoms with Crippen LogP contribution >= 0.6 is 35.2 Å². The summed E-state index contributed by atoms with van der Waals surface area (Å²) in [5.41, 5.74) is 4.23. The van der Waals surface area contributed by atoms with Gasteiger partial charge < -0.3 is 56.0 Å². The highest BCUT2D eigenvalue weighted by molar-refractivity contribution is 8.13. The zero-order chi connectivity index (χ0) is 44.2. The molecule has 0 aromatic carbocycles. The fourth-order valence-corrected chi connectivity index (χ4v) is 8.82. The van der Waals surface area contributed by atoms with Gasteiger partial charge in [-0.1, -0.05) is 38.5 Å². The van der Waals surface area contributed by atoms with Crippen LogP contribution in [0.4, 0.5) is 5.82 Å². The second-order valence-electron chi connectivity index (χ2n) is 13.6. The first-order chi connectivity index (χ1) is 27.4. The van der Waals surface area contributed by atoms with Gasteiger partial charge in [0.1, 0.15) is 36.3 Å². The van der Waals surface area contributed by atoms with Gasteiger partial charge in [0.15, 0.2) is 22.8 Å². The molecule has 0 spiro atoms. The molecule has 59 heavy (non-hydrogen) atoms. The molecule has 0 aliphatic carbocycles. The number of ether oxygens (including phenoxy) is 1. The minimum absolute atomic E-state index is 0.0234. The third-order valence-corrected chi connectivity index (χ3v) is 12.3. The van der Waals surface area contributed by atoms with Gasteiger partial charge in [-0.2, -0.15) is 4.31 Å². The number of hydrogen-bond donors (Lipinski definition) is 10. The number of carbonyl (C=O) groups is 4. The molecule has 0 saturated carbocycles. The van der Waals surface area contributed by atoms with Crippen molar-refractivity contribution in [3.05, 3.63) is 12.7 Å². The predicted molar refractivity (Wildman–Crippen MR) is 202 cm³/mol. The Balaban J connectivity index is 1.42. The van der Waals surface area contributed by atoms with Crippen molar-refractivity contribution in [3.8, 4) is 0 Å². The average Bonchev–Trinajstić information content (AvgIpc) is 3.69. The van der Waals surface area contributed by atoms with E-state index < -0.39 is 90.5 Å². The number of aromatic nitrogens is 4. The molecule has 7 unspecified atom stereocenters. The second kappa shape index (κ2) is 22.2. The van der Waals surface area contributed by atoms with Gasteiger partial charge in [0.2, 0.25) is 11.8 Å². The molecular formula is C29H48N7O19P3S. The lowest BCUT2D eigenvalue weighted by atomic mass is 9.87. The molecule has 0 radical (unpaired) electrons. The topological polar surface area (TPSA) is 401 Å². The fraction of sp³-hybridized carbons (Fsp3) is 0.690. The highest BCUT2D eigenvalue weighted by Gasteiger charge is 2.50. The maximum atomic E-state index is 12.7. The number of rotatable bonds is 26. The molecule has 334 valence electrons. The van der Waals surface area contributed by atoms with E-state index in [1.54, 1.807) is 0 Å². The van der Waals surface area contributed by atoms with E-state index in [1.165, 1.54) is 13.8 Å². The van der Waals surface area contributed by atoms with Gasteiger partial charge in [0.25, 0.3) is 0 Å². The molecule has 2 amide bonds. The Labute approximate surface area is 340 Å². The number of carbonyl (C=O) groups excluding carboxylic acids is 3. The summed E-state index contributed by atoms with van der Waals surface area (Å²) in [6.07, 6.45) is -3.96. The molecule has 1 fully saturated rings. The number of nitrogens with zero attached hydrogens (tertiary/aromatic N) is 4. The van der Waals surface area contributed by atoms with Crippen LogP contribution in [0.3, 0.4) is 0 Å². The summed E-state index contributed by atoms with van der Waals surface area (Å²) in [6.45, 7) is 0.384. The third kappa shape index (κ3) is 16.8. The highest BCUT2D eigenvalue weighted by atomic mass is 32.2. The molecule has 26 nitrogen and oxygen atoms in total. The molecule has 1 aliphatic rings. The smallest absolute Gasteiger partial charge is 0.481 e. The average molecular weight is 924 g/mol. The molecule has 7 atom stereocenters. The Kier molecular flexibility index (Phi) is 19.0. The lowest BCUT2D eigenvalue weighted by Crippen LogP contribution is -2.46. The van der Waals surface area contributed by atoms with E-state index in [4.69, 9.17) is 24.6 Å². The molecule has 30 heteroatoms. The SMILES string of the molecule is CC(C)(COP(=O)(O)OP(=O)(O)OCC1OC(n2cnc3c(N)ncnc32)C(O)C1OP(=O)(O)O)C(O)C(=O)NCCC(=O)NCCSC(=O)CCCCCCC(=O)O. The van der Waals surface area contributed by atoms with Crippen molar-refractivity contribution >= 4 is 75.1 Å². The first-order valence-electron chi connectivity index (χ1n) is 17.7. The summed E-state index contributed by atoms with van der Waals surface area (Å²) in [5, 5.41) is 34.9. The predicted octanol–water partition coefficient (Wildman–Crippen LogP) is 0.0899. The number of carboxylic acid groups (broad SMARTS) is 1. The van der Waals surface area contributed by atoms with Crippen LogP contribution in [0.5, 0.6) is 0 Å². The van der Waals surface area contributed by atoms with E-state index in [2.05, 4.69) is 34.4 Å². The molecule has 2 aromatic heterocycles. The fourth-order valence-electron chi connectivity index (χ4n) is 5.27. The van der Waals surface area contributed by atoms with Crippen LogP contribution in [-0.4, -0.2) is 134 Å². The molecule has 1 saturated heterocycles. The van der Waals surface area contributed by atoms with E-state index in [1.807, 2.05) is 0 Å². The number of nitrogens with two attached hydrogens (primary N) is 1. The second-order valence-corrected chi connectivity index (χ2v) is 19.0. The monoisotopic (exact) mass is 923 g/mol. The van der Waals surface area contributed by atoms with Gasteiger partial charge in [-0.3, -0.25) is 37.3 Å². The first-order valence-corrected chi connectivity index (χ1v) is 23.2. The molecule has 0 bridgehead atoms. The zero-order valence-electron chi connectivity index (χ0n) is 31.7. The van der Waals surface area contributed by atoms with Crippen LogP contribution in [-0.2, 0) is 55.5 Å². The van der Waals surface area contributed by atoms with E-state index in [-0.39, 0.29) is 48.0 Å². The molecular weight excluding hydrogens is 875 g/mol. The number of phosphoric acid groups is 3. The number of nitrogens with one attached hydrogen (secondary N) is 2. The summed E-state index contributed by atoms with van der Waals surface area (Å²) < 4.78 is 62.1. The lowest BCUT2D eigenvalue weighted by molar-refractivity contribution is -0.137. The number of aliphatic hydroxyl groups excluding tert-OH is 2. The number of thioether (sulfide) groups is 1. The van der Waals surface area contributed by atoms with Crippen molar-refractivity contribution in [1.29, 1.82) is 0 Å². The Morgan fingerprint density at radius 2 is 1.63 bits per heavy atom. The Morgan fingerprint density at radius 3 is 2.29 bits per heavy atom. The van der Waals surface area contributed by atoms with Crippen molar-refractivity contribution in [2.24, 2.45) is 5.41 Å². The number of amides is 2. The maximum absolute atomic E-state index is 12.7. The van der Waals surface area contributed by atoms with Crippen molar-refractivity contribution in [2.75, 3.05) is 37.8 Å². The number of unbranched alkanes of at least 4 members (excludes halogenated alkanes) is 3. The molecule has 2 aromatic rings. The van der Waals surface area contributed by atoms with Gasteiger partial charge in [-0.05, 0) is 12.8 Å². The van der Waals surface area contributed by atoms with Crippen molar-refractivity contribution < 1.29 is 90.4 Å². The molecule has 11 N–H and O–H groups in total. The van der Waals surface area contributed by atoms with Gasteiger partial charge >= 0.3 is 29.4 Å². The number of anilines is 1. The van der Waals surface area contributed by atoms with Crippen LogP contribution in [0.15, 0.2) is 12.7 Å². The lowest BCUT2D eigenvalue weighted by Gasteiger charge is -2.30. The number of aliphatic hydroxyl groups is 2. The van der Waals surface area contributed by atoms with Crippen LogP contribution < -0.4 is 16.4 Å². The number of fused-ring (bicyclic) bond motifs is 1. The largest absolute Gasteiger partial charge is 0.481 e. The molecule has 3 rings (SSSR count). The normalized spacial score (nSPS) is 21.1. The van der Waals surface area contributed by atoms with Crippen molar-refractivity contribution in [2.45, 2.75) is 89.4 Å². The molecule has 1 aliphatic heterocycles. The van der Waals surface area contributed by atoms with Gasteiger partial charge in [-0.15, -0.1) is 0 Å². The van der Waals surface area contributed by atoms with E-state index in [9.17, 15) is 62.7 Å². The summed E-state index contributed by atoms with van der Waals surface area (Å²) in [6, 6.07) is 0. The maximum Gasteiger partial charge on any atom is 0.481 e. The van der Waals surface area contributed by atoms with E-state index in [0.717, 1.165) is 35.4 Å². The molecule has 3 heterocycles. The zero-order valence-corrected chi connectivity index (χ0v) is 35.2. The highest BCUT2D eigenvalue weighted by Crippen LogP contribution is 2.61. The summed E-state index contributed by atoms with van der Waals surface area (Å²) in [5.74, 6) is -2.06. The first kappa shape index (κ1) is 50.4. The Hall–Kier alpha value is -2.97. The third-order valence-electron chi connectivity index (χ3n) is 8.29.